The van der Waals surface area contributed by atoms with Gasteiger partial charge in [0.2, 0.25) is 5.91 Å². The monoisotopic (exact) mass is 325 g/mol. The first-order chi connectivity index (χ1) is 11.8. The zero-order valence-corrected chi connectivity index (χ0v) is 13.8. The van der Waals surface area contributed by atoms with E-state index in [9.17, 15) is 9.90 Å². The fourth-order valence-electron chi connectivity index (χ4n) is 3.07. The van der Waals surface area contributed by atoms with Gasteiger partial charge in [-0.3, -0.25) is 14.7 Å². The molecule has 24 heavy (non-hydrogen) atoms. The molecule has 1 fully saturated rings. The number of nitrogens with zero attached hydrogens (tertiary/aromatic N) is 3. The average Bonchev–Trinajstić information content (AvgIpc) is 3.03. The Balaban J connectivity index is 1.65. The third kappa shape index (κ3) is 4.19. The number of amides is 1. The van der Waals surface area contributed by atoms with Crippen molar-refractivity contribution in [2.75, 3.05) is 24.6 Å². The summed E-state index contributed by atoms with van der Waals surface area (Å²) < 4.78 is 0. The van der Waals surface area contributed by atoms with Crippen molar-refractivity contribution >= 4 is 11.6 Å². The lowest BCUT2D eigenvalue weighted by atomic mass is 10.1. The second-order valence-electron chi connectivity index (χ2n) is 6.11. The van der Waals surface area contributed by atoms with E-state index in [1.54, 1.807) is 6.20 Å². The Morgan fingerprint density at radius 1 is 1.12 bits per heavy atom. The maximum absolute atomic E-state index is 11.8. The summed E-state index contributed by atoms with van der Waals surface area (Å²) in [5, 5.41) is 9.31. The van der Waals surface area contributed by atoms with Crippen molar-refractivity contribution in [3.63, 3.8) is 0 Å². The van der Waals surface area contributed by atoms with Gasteiger partial charge < -0.3 is 10.0 Å². The van der Waals surface area contributed by atoms with Crippen LogP contribution in [0.15, 0.2) is 48.8 Å². The molecule has 3 rings (SSSR count). The Kier molecular flexibility index (Phi) is 5.56. The van der Waals surface area contributed by atoms with Gasteiger partial charge in [-0.15, -0.1) is 0 Å². The number of anilines is 1. The highest BCUT2D eigenvalue weighted by atomic mass is 16.3. The molecule has 126 valence electrons. The number of hydrogen-bond donors (Lipinski definition) is 1. The minimum atomic E-state index is 0.126. The Bertz CT molecular complexity index is 658. The van der Waals surface area contributed by atoms with Gasteiger partial charge in [0.15, 0.2) is 0 Å². The zero-order valence-electron chi connectivity index (χ0n) is 13.8. The number of aliphatic hydroxyl groups excluding tert-OH is 1. The van der Waals surface area contributed by atoms with E-state index in [1.807, 2.05) is 35.4 Å². The second-order valence-corrected chi connectivity index (χ2v) is 6.11. The van der Waals surface area contributed by atoms with Gasteiger partial charge in [0.1, 0.15) is 0 Å². The van der Waals surface area contributed by atoms with E-state index in [0.717, 1.165) is 37.3 Å². The number of aliphatic hydroxyl groups is 1. The maximum Gasteiger partial charge on any atom is 0.227 e. The number of hydrogen-bond acceptors (Lipinski definition) is 4. The van der Waals surface area contributed by atoms with Crippen LogP contribution in [0.25, 0.3) is 0 Å². The number of benzene rings is 1. The molecule has 1 aliphatic heterocycles. The van der Waals surface area contributed by atoms with Gasteiger partial charge in [0.25, 0.3) is 0 Å². The van der Waals surface area contributed by atoms with E-state index in [0.29, 0.717) is 13.0 Å². The van der Waals surface area contributed by atoms with Crippen molar-refractivity contribution in [2.45, 2.75) is 25.9 Å². The van der Waals surface area contributed by atoms with Crippen LogP contribution in [-0.4, -0.2) is 40.6 Å². The number of carbonyl (C=O) groups excluding carboxylic acids is 1. The molecule has 1 saturated heterocycles. The topological polar surface area (TPSA) is 56.7 Å². The van der Waals surface area contributed by atoms with E-state index in [4.69, 9.17) is 0 Å². The van der Waals surface area contributed by atoms with E-state index in [1.165, 1.54) is 5.56 Å². The molecule has 1 amide bonds. The number of aromatic nitrogens is 1. The number of carbonyl (C=O) groups is 1. The number of rotatable bonds is 7. The summed E-state index contributed by atoms with van der Waals surface area (Å²) in [4.78, 5) is 20.0. The molecule has 0 spiro atoms. The molecule has 1 aliphatic rings. The Morgan fingerprint density at radius 3 is 2.54 bits per heavy atom. The number of pyridine rings is 1. The summed E-state index contributed by atoms with van der Waals surface area (Å²) in [7, 11) is 0. The molecule has 0 saturated carbocycles. The molecule has 0 aliphatic carbocycles. The maximum atomic E-state index is 11.8. The summed E-state index contributed by atoms with van der Waals surface area (Å²) in [5.41, 5.74) is 3.27. The van der Waals surface area contributed by atoms with Crippen molar-refractivity contribution in [3.8, 4) is 0 Å². The molecule has 2 aromatic rings. The highest BCUT2D eigenvalue weighted by molar-refractivity contribution is 5.95. The molecular weight excluding hydrogens is 302 g/mol. The van der Waals surface area contributed by atoms with Crippen LogP contribution >= 0.6 is 0 Å². The van der Waals surface area contributed by atoms with Crippen molar-refractivity contribution < 1.29 is 9.90 Å². The van der Waals surface area contributed by atoms with Crippen LogP contribution in [0.1, 0.15) is 24.0 Å². The zero-order chi connectivity index (χ0) is 16.8. The van der Waals surface area contributed by atoms with Gasteiger partial charge in [0.05, 0.1) is 6.61 Å². The van der Waals surface area contributed by atoms with E-state index < -0.39 is 0 Å². The lowest BCUT2D eigenvalue weighted by Crippen LogP contribution is -2.26. The Labute approximate surface area is 142 Å². The quantitative estimate of drug-likeness (QED) is 0.848. The summed E-state index contributed by atoms with van der Waals surface area (Å²) in [5.74, 6) is 0.209. The van der Waals surface area contributed by atoms with Crippen molar-refractivity contribution in [2.24, 2.45) is 0 Å². The summed E-state index contributed by atoms with van der Waals surface area (Å²) >= 11 is 0. The van der Waals surface area contributed by atoms with E-state index in [2.05, 4.69) is 22.0 Å². The van der Waals surface area contributed by atoms with Gasteiger partial charge in [-0.2, -0.15) is 0 Å². The predicted octanol–water partition coefficient (Wildman–Crippen LogP) is 2.20. The van der Waals surface area contributed by atoms with Crippen LogP contribution in [-0.2, 0) is 17.9 Å². The molecular formula is C19H23N3O2. The van der Waals surface area contributed by atoms with Crippen molar-refractivity contribution in [1.29, 1.82) is 0 Å². The lowest BCUT2D eigenvalue weighted by molar-refractivity contribution is -0.117. The largest absolute Gasteiger partial charge is 0.395 e. The van der Waals surface area contributed by atoms with Gasteiger partial charge in [-0.25, -0.2) is 0 Å². The summed E-state index contributed by atoms with van der Waals surface area (Å²) in [6.45, 7) is 3.06. The molecule has 0 radical (unpaired) electrons. The minimum absolute atomic E-state index is 0.126. The summed E-state index contributed by atoms with van der Waals surface area (Å²) in [6, 6.07) is 12.1. The minimum Gasteiger partial charge on any atom is -0.395 e. The van der Waals surface area contributed by atoms with Crippen molar-refractivity contribution in [3.05, 3.63) is 59.9 Å². The first kappa shape index (κ1) is 16.6. The molecule has 1 aromatic carbocycles. The molecule has 1 N–H and O–H groups in total. The fourth-order valence-corrected chi connectivity index (χ4v) is 3.07. The highest BCUT2D eigenvalue weighted by Crippen LogP contribution is 2.22. The SMILES string of the molecule is O=C1CCCN1c1ccc(CN(CCO)Cc2cccnc2)cc1. The van der Waals surface area contributed by atoms with Crippen molar-refractivity contribution in [1.82, 2.24) is 9.88 Å². The fraction of sp³-hybridized carbons (Fsp3) is 0.368. The predicted molar refractivity (Wildman–Crippen MR) is 93.5 cm³/mol. The molecule has 0 bridgehead atoms. The van der Waals surface area contributed by atoms with Gasteiger partial charge in [-0.05, 0) is 35.7 Å². The van der Waals surface area contributed by atoms with E-state index in [-0.39, 0.29) is 12.5 Å². The van der Waals surface area contributed by atoms with Crippen LogP contribution < -0.4 is 4.90 Å². The smallest absolute Gasteiger partial charge is 0.227 e. The third-order valence-electron chi connectivity index (χ3n) is 4.27. The second kappa shape index (κ2) is 8.04. The normalized spacial score (nSPS) is 14.6. The van der Waals surface area contributed by atoms with E-state index >= 15 is 0 Å². The molecule has 5 nitrogen and oxygen atoms in total. The molecule has 5 heteroatoms. The van der Waals surface area contributed by atoms with Gasteiger partial charge >= 0.3 is 0 Å². The first-order valence-electron chi connectivity index (χ1n) is 8.37. The third-order valence-corrected chi connectivity index (χ3v) is 4.27. The van der Waals surface area contributed by atoms with Crippen LogP contribution in [0.3, 0.4) is 0 Å². The van der Waals surface area contributed by atoms with Crippen LogP contribution in [0, 0.1) is 0 Å². The van der Waals surface area contributed by atoms with Gasteiger partial charge in [-0.1, -0.05) is 18.2 Å². The average molecular weight is 325 g/mol. The van der Waals surface area contributed by atoms with Crippen LogP contribution in [0.5, 0.6) is 0 Å². The molecule has 1 aromatic heterocycles. The lowest BCUT2D eigenvalue weighted by Gasteiger charge is -2.22. The van der Waals surface area contributed by atoms with Crippen LogP contribution in [0.2, 0.25) is 0 Å². The Morgan fingerprint density at radius 2 is 1.92 bits per heavy atom. The highest BCUT2D eigenvalue weighted by Gasteiger charge is 2.21. The summed E-state index contributed by atoms with van der Waals surface area (Å²) in [6.07, 6.45) is 5.21. The molecule has 0 unspecified atom stereocenters. The molecule has 0 atom stereocenters. The Hall–Kier alpha value is -2.24. The molecule has 2 heterocycles. The standard InChI is InChI=1S/C19H23N3O2/c23-12-11-21(15-17-3-1-9-20-13-17)14-16-5-7-18(8-6-16)22-10-2-4-19(22)24/h1,3,5-9,13,23H,2,4,10-12,14-15H2. The van der Waals surface area contributed by atoms with Crippen LogP contribution in [0.4, 0.5) is 5.69 Å². The first-order valence-corrected chi connectivity index (χ1v) is 8.37. The van der Waals surface area contributed by atoms with Gasteiger partial charge in [0, 0.05) is 50.7 Å².